The van der Waals surface area contributed by atoms with Crippen molar-refractivity contribution in [3.63, 3.8) is 0 Å². The third kappa shape index (κ3) is 3.22. The lowest BCUT2D eigenvalue weighted by molar-refractivity contribution is -0.135. The van der Waals surface area contributed by atoms with Gasteiger partial charge in [0.2, 0.25) is 5.91 Å². The van der Waals surface area contributed by atoms with Crippen molar-refractivity contribution >= 4 is 22.4 Å². The number of nitrogens with zero attached hydrogens (tertiary/aromatic N) is 2. The van der Waals surface area contributed by atoms with E-state index < -0.39 is 0 Å². The molecule has 0 N–H and O–H groups in total. The molecule has 116 valence electrons. The number of rotatable bonds is 4. The molecule has 2 aromatic carbocycles. The normalized spacial score (nSPS) is 15.0. The van der Waals surface area contributed by atoms with Crippen molar-refractivity contribution in [2.75, 3.05) is 44.8 Å². The molecule has 0 saturated carbocycles. The molecule has 0 radical (unpaired) electrons. The molecule has 0 unspecified atom stereocenters. The second-order valence-electron chi connectivity index (χ2n) is 5.66. The van der Waals surface area contributed by atoms with Gasteiger partial charge in [-0.2, -0.15) is 0 Å². The quantitative estimate of drug-likeness (QED) is 0.869. The van der Waals surface area contributed by atoms with E-state index in [9.17, 15) is 4.79 Å². The SMILES string of the molecule is CN(CCC(=O)N1CCOCC1)c1cccc2ccccc12. The summed E-state index contributed by atoms with van der Waals surface area (Å²) in [6, 6.07) is 14.6. The summed E-state index contributed by atoms with van der Waals surface area (Å²) >= 11 is 0. The Morgan fingerprint density at radius 1 is 1.14 bits per heavy atom. The maximum absolute atomic E-state index is 12.2. The van der Waals surface area contributed by atoms with Crippen molar-refractivity contribution in [1.82, 2.24) is 4.90 Å². The topological polar surface area (TPSA) is 32.8 Å². The number of morpholine rings is 1. The second-order valence-corrected chi connectivity index (χ2v) is 5.66. The maximum atomic E-state index is 12.2. The number of amides is 1. The highest BCUT2D eigenvalue weighted by molar-refractivity contribution is 5.94. The van der Waals surface area contributed by atoms with Crippen molar-refractivity contribution in [1.29, 1.82) is 0 Å². The minimum Gasteiger partial charge on any atom is -0.378 e. The molecule has 0 spiro atoms. The molecule has 1 saturated heterocycles. The first-order chi connectivity index (χ1) is 10.8. The molecular weight excluding hydrogens is 276 g/mol. The van der Waals surface area contributed by atoms with Gasteiger partial charge in [-0.05, 0) is 11.5 Å². The summed E-state index contributed by atoms with van der Waals surface area (Å²) in [6.07, 6.45) is 0.541. The van der Waals surface area contributed by atoms with E-state index in [1.807, 2.05) is 18.0 Å². The molecule has 3 rings (SSSR count). The Morgan fingerprint density at radius 3 is 2.68 bits per heavy atom. The Bertz CT molecular complexity index is 645. The Morgan fingerprint density at radius 2 is 1.86 bits per heavy atom. The van der Waals surface area contributed by atoms with Crippen LogP contribution in [0.3, 0.4) is 0 Å². The van der Waals surface area contributed by atoms with E-state index in [0.29, 0.717) is 19.6 Å². The minimum atomic E-state index is 0.218. The molecule has 0 aliphatic carbocycles. The summed E-state index contributed by atoms with van der Waals surface area (Å²) in [6.45, 7) is 3.48. The van der Waals surface area contributed by atoms with E-state index in [-0.39, 0.29) is 5.91 Å². The van der Waals surface area contributed by atoms with Gasteiger partial charge in [-0.25, -0.2) is 0 Å². The molecule has 1 heterocycles. The predicted molar refractivity (Wildman–Crippen MR) is 89.2 cm³/mol. The van der Waals surface area contributed by atoms with E-state index in [0.717, 1.165) is 19.6 Å². The van der Waals surface area contributed by atoms with Gasteiger partial charge in [-0.3, -0.25) is 4.79 Å². The Labute approximate surface area is 131 Å². The van der Waals surface area contributed by atoms with E-state index in [4.69, 9.17) is 4.74 Å². The number of benzene rings is 2. The van der Waals surface area contributed by atoms with Crippen molar-refractivity contribution < 1.29 is 9.53 Å². The fourth-order valence-electron chi connectivity index (χ4n) is 2.90. The van der Waals surface area contributed by atoms with Crippen molar-refractivity contribution in [3.05, 3.63) is 42.5 Å². The van der Waals surface area contributed by atoms with Crippen LogP contribution in [0.25, 0.3) is 10.8 Å². The van der Waals surface area contributed by atoms with Crippen molar-refractivity contribution in [3.8, 4) is 0 Å². The van der Waals surface area contributed by atoms with Gasteiger partial charge in [-0.1, -0.05) is 36.4 Å². The molecule has 2 aromatic rings. The van der Waals surface area contributed by atoms with Gasteiger partial charge in [0.15, 0.2) is 0 Å². The number of hydrogen-bond donors (Lipinski definition) is 0. The molecule has 1 amide bonds. The van der Waals surface area contributed by atoms with E-state index >= 15 is 0 Å². The van der Waals surface area contributed by atoms with Crippen LogP contribution >= 0.6 is 0 Å². The standard InChI is InChI=1S/C18H22N2O2/c1-19(10-9-18(21)20-11-13-22-14-12-20)17-8-4-6-15-5-2-3-7-16(15)17/h2-8H,9-14H2,1H3. The van der Waals surface area contributed by atoms with Gasteiger partial charge in [0.25, 0.3) is 0 Å². The fourth-order valence-corrected chi connectivity index (χ4v) is 2.90. The third-order valence-electron chi connectivity index (χ3n) is 4.20. The number of anilines is 1. The van der Waals surface area contributed by atoms with Gasteiger partial charge >= 0.3 is 0 Å². The van der Waals surface area contributed by atoms with Gasteiger partial charge < -0.3 is 14.5 Å². The molecule has 1 aliphatic rings. The zero-order valence-corrected chi connectivity index (χ0v) is 13.0. The van der Waals surface area contributed by atoms with E-state index in [1.54, 1.807) is 0 Å². The van der Waals surface area contributed by atoms with Crippen LogP contribution in [0.2, 0.25) is 0 Å². The largest absolute Gasteiger partial charge is 0.378 e. The van der Waals surface area contributed by atoms with Crippen LogP contribution < -0.4 is 4.90 Å². The third-order valence-corrected chi connectivity index (χ3v) is 4.20. The van der Waals surface area contributed by atoms with Crippen molar-refractivity contribution in [2.45, 2.75) is 6.42 Å². The van der Waals surface area contributed by atoms with Crippen LogP contribution in [-0.2, 0) is 9.53 Å². The first kappa shape index (κ1) is 14.9. The molecule has 22 heavy (non-hydrogen) atoms. The highest BCUT2D eigenvalue weighted by atomic mass is 16.5. The Hall–Kier alpha value is -2.07. The average Bonchev–Trinajstić information content (AvgIpc) is 2.59. The summed E-state index contributed by atoms with van der Waals surface area (Å²) in [7, 11) is 2.05. The first-order valence-corrected chi connectivity index (χ1v) is 7.80. The van der Waals surface area contributed by atoms with Crippen LogP contribution in [-0.4, -0.2) is 50.7 Å². The second kappa shape index (κ2) is 6.79. The summed E-state index contributed by atoms with van der Waals surface area (Å²) in [5, 5.41) is 2.46. The number of carbonyl (C=O) groups is 1. The highest BCUT2D eigenvalue weighted by Gasteiger charge is 2.17. The molecule has 1 aliphatic heterocycles. The smallest absolute Gasteiger partial charge is 0.224 e. The lowest BCUT2D eigenvalue weighted by Gasteiger charge is -2.28. The fraction of sp³-hybridized carbons (Fsp3) is 0.389. The average molecular weight is 298 g/mol. The highest BCUT2D eigenvalue weighted by Crippen LogP contribution is 2.25. The van der Waals surface area contributed by atoms with Gasteiger partial charge in [0.1, 0.15) is 0 Å². The van der Waals surface area contributed by atoms with E-state index in [2.05, 4.69) is 41.3 Å². The monoisotopic (exact) mass is 298 g/mol. The van der Waals surface area contributed by atoms with Crippen LogP contribution in [0, 0.1) is 0 Å². The van der Waals surface area contributed by atoms with E-state index in [1.165, 1.54) is 16.5 Å². The summed E-state index contributed by atoms with van der Waals surface area (Å²) < 4.78 is 5.29. The first-order valence-electron chi connectivity index (χ1n) is 7.80. The Balaban J connectivity index is 1.66. The van der Waals surface area contributed by atoms with Crippen LogP contribution in [0.5, 0.6) is 0 Å². The van der Waals surface area contributed by atoms with Gasteiger partial charge in [0, 0.05) is 44.2 Å². The summed E-state index contributed by atoms with van der Waals surface area (Å²) in [5.41, 5.74) is 1.17. The molecule has 4 heteroatoms. The van der Waals surface area contributed by atoms with Gasteiger partial charge in [0.05, 0.1) is 13.2 Å². The molecule has 0 aromatic heterocycles. The van der Waals surface area contributed by atoms with Gasteiger partial charge in [-0.15, -0.1) is 0 Å². The Kier molecular flexibility index (Phi) is 4.59. The minimum absolute atomic E-state index is 0.218. The van der Waals surface area contributed by atoms with Crippen molar-refractivity contribution in [2.24, 2.45) is 0 Å². The molecule has 0 atom stereocenters. The van der Waals surface area contributed by atoms with Crippen LogP contribution in [0.4, 0.5) is 5.69 Å². The number of fused-ring (bicyclic) bond motifs is 1. The predicted octanol–water partition coefficient (Wildman–Crippen LogP) is 2.52. The summed E-state index contributed by atoms with van der Waals surface area (Å²) in [5.74, 6) is 0.218. The molecule has 4 nitrogen and oxygen atoms in total. The zero-order valence-electron chi connectivity index (χ0n) is 13.0. The lowest BCUT2D eigenvalue weighted by Crippen LogP contribution is -2.41. The molecular formula is C18H22N2O2. The lowest BCUT2D eigenvalue weighted by atomic mass is 10.1. The van der Waals surface area contributed by atoms with Crippen LogP contribution in [0.15, 0.2) is 42.5 Å². The molecule has 0 bridgehead atoms. The zero-order chi connectivity index (χ0) is 15.4. The van der Waals surface area contributed by atoms with Crippen LogP contribution in [0.1, 0.15) is 6.42 Å². The molecule has 1 fully saturated rings. The maximum Gasteiger partial charge on any atom is 0.224 e. The number of ether oxygens (including phenoxy) is 1. The number of carbonyl (C=O) groups excluding carboxylic acids is 1. The number of hydrogen-bond acceptors (Lipinski definition) is 3. The summed E-state index contributed by atoms with van der Waals surface area (Å²) in [4.78, 5) is 16.3.